The van der Waals surface area contributed by atoms with E-state index in [0.29, 0.717) is 16.9 Å². The van der Waals surface area contributed by atoms with E-state index in [-0.39, 0.29) is 29.2 Å². The molecule has 3 N–H and O–H groups in total. The van der Waals surface area contributed by atoms with Gasteiger partial charge in [0.15, 0.2) is 5.01 Å². The SMILES string of the molecule is CCNc1nc(Nc2sc(C(=O)NC)nc2C)ncc1C(F)(F)F. The summed E-state index contributed by atoms with van der Waals surface area (Å²) in [4.78, 5) is 23.2. The zero-order valence-electron chi connectivity index (χ0n) is 13.1. The Hall–Kier alpha value is -2.43. The number of nitrogens with zero attached hydrogens (tertiary/aromatic N) is 3. The number of thiazole rings is 1. The van der Waals surface area contributed by atoms with Gasteiger partial charge in [0.25, 0.3) is 5.91 Å². The minimum Gasteiger partial charge on any atom is -0.370 e. The van der Waals surface area contributed by atoms with Gasteiger partial charge in [-0.3, -0.25) is 4.79 Å². The summed E-state index contributed by atoms with van der Waals surface area (Å²) in [5.41, 5.74) is -0.422. The number of hydrogen-bond donors (Lipinski definition) is 3. The number of halogens is 3. The fourth-order valence-electron chi connectivity index (χ4n) is 1.77. The molecule has 2 aromatic heterocycles. The lowest BCUT2D eigenvalue weighted by Crippen LogP contribution is -2.17. The maximum atomic E-state index is 12.9. The van der Waals surface area contributed by atoms with Crippen LogP contribution in [0.3, 0.4) is 0 Å². The van der Waals surface area contributed by atoms with Crippen molar-refractivity contribution in [1.82, 2.24) is 20.3 Å². The first-order valence-electron chi connectivity index (χ1n) is 6.90. The number of carbonyl (C=O) groups is 1. The van der Waals surface area contributed by atoms with Crippen molar-refractivity contribution in [3.63, 3.8) is 0 Å². The van der Waals surface area contributed by atoms with E-state index in [9.17, 15) is 18.0 Å². The number of nitrogens with one attached hydrogen (secondary N) is 3. The van der Waals surface area contributed by atoms with Gasteiger partial charge in [-0.1, -0.05) is 11.3 Å². The van der Waals surface area contributed by atoms with E-state index in [1.807, 2.05) is 0 Å². The number of hydrogen-bond acceptors (Lipinski definition) is 7. The second-order valence-electron chi connectivity index (χ2n) is 4.62. The zero-order chi connectivity index (χ0) is 17.9. The molecule has 1 amide bonds. The molecule has 0 aromatic carbocycles. The summed E-state index contributed by atoms with van der Waals surface area (Å²) >= 11 is 1.06. The van der Waals surface area contributed by atoms with Crippen molar-refractivity contribution in [1.29, 1.82) is 0 Å². The maximum Gasteiger partial charge on any atom is 0.421 e. The summed E-state index contributed by atoms with van der Waals surface area (Å²) in [6.07, 6.45) is -3.84. The number of anilines is 3. The highest BCUT2D eigenvalue weighted by Gasteiger charge is 2.35. The molecule has 0 aliphatic heterocycles. The van der Waals surface area contributed by atoms with Gasteiger partial charge in [0.1, 0.15) is 16.4 Å². The van der Waals surface area contributed by atoms with Gasteiger partial charge in [-0.25, -0.2) is 9.97 Å². The lowest BCUT2D eigenvalue weighted by atomic mass is 10.3. The summed E-state index contributed by atoms with van der Waals surface area (Å²) in [6, 6.07) is 0. The number of aromatic nitrogens is 3. The third-order valence-electron chi connectivity index (χ3n) is 2.88. The van der Waals surface area contributed by atoms with Crippen LogP contribution in [0.4, 0.5) is 29.9 Å². The van der Waals surface area contributed by atoms with Crippen LogP contribution in [-0.2, 0) is 6.18 Å². The average Bonchev–Trinajstić information content (AvgIpc) is 2.87. The molecule has 11 heteroatoms. The van der Waals surface area contributed by atoms with Crippen LogP contribution in [0.2, 0.25) is 0 Å². The molecule has 0 bridgehead atoms. The molecule has 2 rings (SSSR count). The molecule has 24 heavy (non-hydrogen) atoms. The third kappa shape index (κ3) is 3.91. The summed E-state index contributed by atoms with van der Waals surface area (Å²) in [7, 11) is 1.48. The summed E-state index contributed by atoms with van der Waals surface area (Å²) in [5, 5.41) is 8.53. The van der Waals surface area contributed by atoms with Gasteiger partial charge in [-0.2, -0.15) is 18.2 Å². The average molecular weight is 360 g/mol. The van der Waals surface area contributed by atoms with Crippen LogP contribution in [-0.4, -0.2) is 34.5 Å². The molecule has 0 radical (unpaired) electrons. The fraction of sp³-hybridized carbons (Fsp3) is 0.385. The Morgan fingerprint density at radius 1 is 1.33 bits per heavy atom. The van der Waals surface area contributed by atoms with E-state index < -0.39 is 11.7 Å². The number of carbonyl (C=O) groups excluding carboxylic acids is 1. The summed E-state index contributed by atoms with van der Waals surface area (Å²) in [5.74, 6) is -0.678. The van der Waals surface area contributed by atoms with E-state index in [2.05, 4.69) is 30.9 Å². The van der Waals surface area contributed by atoms with Gasteiger partial charge in [0.05, 0.1) is 5.69 Å². The quantitative estimate of drug-likeness (QED) is 0.759. The highest BCUT2D eigenvalue weighted by molar-refractivity contribution is 7.17. The highest BCUT2D eigenvalue weighted by Crippen LogP contribution is 2.34. The van der Waals surface area contributed by atoms with E-state index in [0.717, 1.165) is 11.3 Å². The van der Waals surface area contributed by atoms with Crippen molar-refractivity contribution in [3.05, 3.63) is 22.5 Å². The number of amides is 1. The molecule has 0 saturated heterocycles. The highest BCUT2D eigenvalue weighted by atomic mass is 32.1. The lowest BCUT2D eigenvalue weighted by molar-refractivity contribution is -0.137. The Morgan fingerprint density at radius 3 is 2.62 bits per heavy atom. The van der Waals surface area contributed by atoms with Crippen molar-refractivity contribution in [2.75, 3.05) is 24.2 Å². The first-order chi connectivity index (χ1) is 11.3. The molecule has 0 spiro atoms. The van der Waals surface area contributed by atoms with Gasteiger partial charge in [0.2, 0.25) is 5.95 Å². The molecule has 2 heterocycles. The zero-order valence-corrected chi connectivity index (χ0v) is 13.9. The molecule has 0 aliphatic carbocycles. The van der Waals surface area contributed by atoms with Crippen molar-refractivity contribution in [2.45, 2.75) is 20.0 Å². The first kappa shape index (κ1) is 17.9. The topological polar surface area (TPSA) is 91.8 Å². The number of rotatable bonds is 5. The molecule has 7 nitrogen and oxygen atoms in total. The van der Waals surface area contributed by atoms with Crippen LogP contribution >= 0.6 is 11.3 Å². The minimum absolute atomic E-state index is 0.0193. The molecule has 0 unspecified atom stereocenters. The van der Waals surface area contributed by atoms with Gasteiger partial charge >= 0.3 is 6.18 Å². The summed E-state index contributed by atoms with van der Waals surface area (Å²) < 4.78 is 38.8. The van der Waals surface area contributed by atoms with Crippen LogP contribution in [0.25, 0.3) is 0 Å². The Morgan fingerprint density at radius 2 is 2.04 bits per heavy atom. The smallest absolute Gasteiger partial charge is 0.370 e. The van der Waals surface area contributed by atoms with E-state index in [1.54, 1.807) is 13.8 Å². The van der Waals surface area contributed by atoms with Gasteiger partial charge in [-0.15, -0.1) is 0 Å². The molecule has 2 aromatic rings. The predicted octanol–water partition coefficient (Wildman–Crippen LogP) is 2.80. The molecule has 0 aliphatic rings. The van der Waals surface area contributed by atoms with Crippen LogP contribution in [0.1, 0.15) is 28.0 Å². The van der Waals surface area contributed by atoms with Crippen molar-refractivity contribution in [2.24, 2.45) is 0 Å². The van der Waals surface area contributed by atoms with Crippen LogP contribution in [0.5, 0.6) is 0 Å². The van der Waals surface area contributed by atoms with Gasteiger partial charge < -0.3 is 16.0 Å². The van der Waals surface area contributed by atoms with Crippen molar-refractivity contribution < 1.29 is 18.0 Å². The Labute approximate surface area is 139 Å². The van der Waals surface area contributed by atoms with E-state index in [1.165, 1.54) is 7.05 Å². The Balaban J connectivity index is 2.32. The van der Waals surface area contributed by atoms with E-state index in [4.69, 9.17) is 0 Å². The molecule has 130 valence electrons. The predicted molar refractivity (Wildman–Crippen MR) is 84.7 cm³/mol. The summed E-state index contributed by atoms with van der Waals surface area (Å²) in [6.45, 7) is 3.61. The second-order valence-corrected chi connectivity index (χ2v) is 5.62. The van der Waals surface area contributed by atoms with Crippen LogP contribution in [0, 0.1) is 6.92 Å². The number of aryl methyl sites for hydroxylation is 1. The molecule has 0 fully saturated rings. The van der Waals surface area contributed by atoms with Gasteiger partial charge in [-0.05, 0) is 13.8 Å². The molecule has 0 saturated carbocycles. The fourth-order valence-corrected chi connectivity index (χ4v) is 2.68. The van der Waals surface area contributed by atoms with Crippen molar-refractivity contribution in [3.8, 4) is 0 Å². The monoisotopic (exact) mass is 360 g/mol. The number of alkyl halides is 3. The largest absolute Gasteiger partial charge is 0.421 e. The molecule has 0 atom stereocenters. The van der Waals surface area contributed by atoms with Crippen LogP contribution < -0.4 is 16.0 Å². The normalized spacial score (nSPS) is 11.2. The lowest BCUT2D eigenvalue weighted by Gasteiger charge is -2.13. The van der Waals surface area contributed by atoms with Gasteiger partial charge in [0, 0.05) is 19.8 Å². The standard InChI is InChI=1S/C13H15F3N6OS/c1-4-18-8-7(13(14,15)16)5-19-12(21-8)22-10-6(2)20-11(24-10)9(23)17-3/h5H,4H2,1-3H3,(H,17,23)(H2,18,19,21,22). The van der Waals surface area contributed by atoms with Crippen molar-refractivity contribution >= 4 is 34.0 Å². The second kappa shape index (κ2) is 6.99. The Kier molecular flexibility index (Phi) is 5.22. The third-order valence-corrected chi connectivity index (χ3v) is 3.95. The minimum atomic E-state index is -4.55. The molecular weight excluding hydrogens is 345 g/mol. The van der Waals surface area contributed by atoms with E-state index >= 15 is 0 Å². The molecular formula is C13H15F3N6OS. The Bertz CT molecular complexity index is 746. The van der Waals surface area contributed by atoms with Crippen LogP contribution in [0.15, 0.2) is 6.20 Å². The maximum absolute atomic E-state index is 12.9. The first-order valence-corrected chi connectivity index (χ1v) is 7.72.